The van der Waals surface area contributed by atoms with E-state index in [1.807, 2.05) is 6.92 Å². The maximum atomic E-state index is 12.0. The van der Waals surface area contributed by atoms with Crippen LogP contribution in [-0.4, -0.2) is 26.6 Å². The van der Waals surface area contributed by atoms with Crippen molar-refractivity contribution in [2.24, 2.45) is 0 Å². The first kappa shape index (κ1) is 13.8. The molecule has 6 heteroatoms. The molecule has 0 aliphatic heterocycles. The van der Waals surface area contributed by atoms with Crippen LogP contribution >= 0.6 is 0 Å². The largest absolute Gasteiger partial charge is 0.508 e. The van der Waals surface area contributed by atoms with Gasteiger partial charge in [-0.25, -0.2) is 0 Å². The van der Waals surface area contributed by atoms with Gasteiger partial charge in [0, 0.05) is 19.2 Å². The van der Waals surface area contributed by atoms with Crippen molar-refractivity contribution in [2.75, 3.05) is 17.4 Å². The van der Waals surface area contributed by atoms with Crippen molar-refractivity contribution < 1.29 is 13.5 Å². The van der Waals surface area contributed by atoms with Crippen LogP contribution in [0.1, 0.15) is 20.3 Å². The highest BCUT2D eigenvalue weighted by Gasteiger charge is 2.19. The number of rotatable bonds is 6. The van der Waals surface area contributed by atoms with Crippen LogP contribution in [0.5, 0.6) is 5.75 Å². The molecule has 2 N–H and O–H groups in total. The molecule has 0 saturated heterocycles. The fourth-order valence-corrected chi connectivity index (χ4v) is 2.80. The van der Waals surface area contributed by atoms with E-state index in [2.05, 4.69) is 4.72 Å². The first-order chi connectivity index (χ1) is 8.01. The number of anilines is 1. The minimum absolute atomic E-state index is 0.0478. The van der Waals surface area contributed by atoms with Crippen molar-refractivity contribution in [3.8, 4) is 5.75 Å². The third kappa shape index (κ3) is 3.61. The van der Waals surface area contributed by atoms with E-state index in [1.165, 1.54) is 16.4 Å². The lowest BCUT2D eigenvalue weighted by Gasteiger charge is -2.23. The summed E-state index contributed by atoms with van der Waals surface area (Å²) >= 11 is 0. The van der Waals surface area contributed by atoms with Crippen LogP contribution in [0.3, 0.4) is 0 Å². The molecule has 17 heavy (non-hydrogen) atoms. The summed E-state index contributed by atoms with van der Waals surface area (Å²) in [6.07, 6.45) is 0.733. The summed E-state index contributed by atoms with van der Waals surface area (Å²) in [6.45, 7) is 4.35. The molecule has 0 atom stereocenters. The second kappa shape index (κ2) is 5.88. The zero-order valence-electron chi connectivity index (χ0n) is 10.0. The van der Waals surface area contributed by atoms with Gasteiger partial charge in [0.15, 0.2) is 0 Å². The monoisotopic (exact) mass is 258 g/mol. The van der Waals surface area contributed by atoms with Crippen molar-refractivity contribution in [1.29, 1.82) is 0 Å². The van der Waals surface area contributed by atoms with Crippen molar-refractivity contribution in [3.05, 3.63) is 24.3 Å². The van der Waals surface area contributed by atoms with E-state index in [0.29, 0.717) is 18.8 Å². The highest BCUT2D eigenvalue weighted by molar-refractivity contribution is 7.90. The number of hydrogen-bond acceptors (Lipinski definition) is 3. The van der Waals surface area contributed by atoms with E-state index >= 15 is 0 Å². The van der Waals surface area contributed by atoms with E-state index in [4.69, 9.17) is 0 Å². The van der Waals surface area contributed by atoms with Crippen molar-refractivity contribution in [3.63, 3.8) is 0 Å². The molecule has 0 aromatic heterocycles. The average Bonchev–Trinajstić information content (AvgIpc) is 2.27. The van der Waals surface area contributed by atoms with Crippen molar-refractivity contribution in [1.82, 2.24) is 4.72 Å². The number of nitrogens with zero attached hydrogens (tertiary/aromatic N) is 1. The number of phenols is 1. The highest BCUT2D eigenvalue weighted by Crippen LogP contribution is 2.21. The van der Waals surface area contributed by atoms with E-state index < -0.39 is 10.2 Å². The van der Waals surface area contributed by atoms with Gasteiger partial charge in [0.2, 0.25) is 0 Å². The minimum Gasteiger partial charge on any atom is -0.508 e. The number of phenolic OH excluding ortho intramolecular Hbond substituents is 1. The predicted molar refractivity (Wildman–Crippen MR) is 68.3 cm³/mol. The molecule has 96 valence electrons. The van der Waals surface area contributed by atoms with Gasteiger partial charge in [-0.2, -0.15) is 13.1 Å². The standard InChI is InChI=1S/C11H18N2O3S/c1-3-8-12-17(15,16)13(4-2)10-6-5-7-11(14)9-10/h5-7,9,12,14H,3-4,8H2,1-2H3. The van der Waals surface area contributed by atoms with Crippen molar-refractivity contribution in [2.45, 2.75) is 20.3 Å². The summed E-state index contributed by atoms with van der Waals surface area (Å²) in [5.74, 6) is 0.0478. The van der Waals surface area contributed by atoms with Gasteiger partial charge in [-0.3, -0.25) is 4.31 Å². The van der Waals surface area contributed by atoms with Gasteiger partial charge in [0.25, 0.3) is 0 Å². The van der Waals surface area contributed by atoms with Gasteiger partial charge >= 0.3 is 10.2 Å². The zero-order valence-corrected chi connectivity index (χ0v) is 10.9. The second-order valence-corrected chi connectivity index (χ2v) is 5.26. The summed E-state index contributed by atoms with van der Waals surface area (Å²) in [7, 11) is -3.53. The van der Waals surface area contributed by atoms with Gasteiger partial charge in [-0.15, -0.1) is 0 Å². The Kier molecular flexibility index (Phi) is 4.77. The average molecular weight is 258 g/mol. The van der Waals surface area contributed by atoms with Crippen LogP contribution in [0.4, 0.5) is 5.69 Å². The lowest BCUT2D eigenvalue weighted by atomic mass is 10.3. The van der Waals surface area contributed by atoms with E-state index in [9.17, 15) is 13.5 Å². The second-order valence-electron chi connectivity index (χ2n) is 3.58. The first-order valence-electron chi connectivity index (χ1n) is 5.57. The molecule has 0 radical (unpaired) electrons. The Balaban J connectivity index is 2.99. The molecule has 0 aliphatic rings. The minimum atomic E-state index is -3.53. The Labute approximate surface area is 102 Å². The molecule has 0 unspecified atom stereocenters. The molecule has 0 bridgehead atoms. The number of nitrogens with one attached hydrogen (secondary N) is 1. The third-order valence-electron chi connectivity index (χ3n) is 2.23. The smallest absolute Gasteiger partial charge is 0.301 e. The van der Waals surface area contributed by atoms with Crippen molar-refractivity contribution >= 4 is 15.9 Å². The molecule has 1 rings (SSSR count). The lowest BCUT2D eigenvalue weighted by molar-refractivity contribution is 0.475. The Hall–Kier alpha value is -1.27. The van der Waals surface area contributed by atoms with Gasteiger partial charge < -0.3 is 5.11 Å². The van der Waals surface area contributed by atoms with Crippen LogP contribution < -0.4 is 9.03 Å². The molecule has 0 amide bonds. The molecule has 0 spiro atoms. The van der Waals surface area contributed by atoms with Crippen LogP contribution in [0.2, 0.25) is 0 Å². The van der Waals surface area contributed by atoms with E-state index in [-0.39, 0.29) is 5.75 Å². The summed E-state index contributed by atoms with van der Waals surface area (Å²) < 4.78 is 27.6. The summed E-state index contributed by atoms with van der Waals surface area (Å²) in [5.41, 5.74) is 0.455. The topological polar surface area (TPSA) is 69.6 Å². The Morgan fingerprint density at radius 2 is 2.06 bits per heavy atom. The third-order valence-corrected chi connectivity index (χ3v) is 3.85. The lowest BCUT2D eigenvalue weighted by Crippen LogP contribution is -2.41. The van der Waals surface area contributed by atoms with E-state index in [1.54, 1.807) is 19.1 Å². The maximum Gasteiger partial charge on any atom is 0.301 e. The molecular formula is C11H18N2O3S. The van der Waals surface area contributed by atoms with E-state index in [0.717, 1.165) is 6.42 Å². The molecule has 5 nitrogen and oxygen atoms in total. The number of aromatic hydroxyl groups is 1. The summed E-state index contributed by atoms with van der Waals surface area (Å²) in [5, 5.41) is 9.36. The van der Waals surface area contributed by atoms with Crippen LogP contribution in [0.25, 0.3) is 0 Å². The molecule has 1 aromatic carbocycles. The molecule has 0 fully saturated rings. The first-order valence-corrected chi connectivity index (χ1v) is 7.01. The zero-order chi connectivity index (χ0) is 12.9. The van der Waals surface area contributed by atoms with Crippen LogP contribution in [0.15, 0.2) is 24.3 Å². The quantitative estimate of drug-likeness (QED) is 0.811. The summed E-state index contributed by atoms with van der Waals surface area (Å²) in [4.78, 5) is 0. The molecule has 0 aliphatic carbocycles. The highest BCUT2D eigenvalue weighted by atomic mass is 32.2. The van der Waals surface area contributed by atoms with Crippen LogP contribution in [0, 0.1) is 0 Å². The van der Waals surface area contributed by atoms with Gasteiger partial charge in [0.05, 0.1) is 5.69 Å². The Morgan fingerprint density at radius 1 is 1.35 bits per heavy atom. The summed E-state index contributed by atoms with van der Waals surface area (Å²) in [6, 6.07) is 6.19. The van der Waals surface area contributed by atoms with Gasteiger partial charge in [-0.05, 0) is 25.5 Å². The Morgan fingerprint density at radius 3 is 2.59 bits per heavy atom. The molecule has 0 saturated carbocycles. The normalized spacial score (nSPS) is 11.4. The molecule has 1 aromatic rings. The predicted octanol–water partition coefficient (Wildman–Crippen LogP) is 1.46. The fourth-order valence-electron chi connectivity index (χ4n) is 1.45. The Bertz CT molecular complexity index is 460. The molecular weight excluding hydrogens is 240 g/mol. The van der Waals surface area contributed by atoms with Crippen LogP contribution in [-0.2, 0) is 10.2 Å². The maximum absolute atomic E-state index is 12.0. The fraction of sp³-hybridized carbons (Fsp3) is 0.455. The van der Waals surface area contributed by atoms with Gasteiger partial charge in [-0.1, -0.05) is 13.0 Å². The molecule has 0 heterocycles. The number of hydrogen-bond donors (Lipinski definition) is 2. The van der Waals surface area contributed by atoms with Gasteiger partial charge in [0.1, 0.15) is 5.75 Å². The SMILES string of the molecule is CCCNS(=O)(=O)N(CC)c1cccc(O)c1. The number of benzene rings is 1.